The Bertz CT molecular complexity index is 419. The number of furan rings is 1. The largest absolute Gasteiger partial charge is 0.468 e. The molecule has 2 rings (SSSR count). The molecule has 0 radical (unpaired) electrons. The van der Waals surface area contributed by atoms with E-state index in [2.05, 4.69) is 24.3 Å². The molecule has 4 nitrogen and oxygen atoms in total. The van der Waals surface area contributed by atoms with Crippen molar-refractivity contribution < 1.29 is 4.42 Å². The van der Waals surface area contributed by atoms with Crippen molar-refractivity contribution in [1.82, 2.24) is 15.1 Å². The molecular formula is C12H17N3O. The smallest absolute Gasteiger partial charge is 0.117 e. The highest BCUT2D eigenvalue weighted by atomic mass is 16.3. The molecule has 2 aromatic rings. The van der Waals surface area contributed by atoms with Crippen molar-refractivity contribution in [3.8, 4) is 0 Å². The zero-order valence-electron chi connectivity index (χ0n) is 9.68. The van der Waals surface area contributed by atoms with E-state index in [4.69, 9.17) is 4.42 Å². The van der Waals surface area contributed by atoms with Gasteiger partial charge in [-0.3, -0.25) is 4.68 Å². The van der Waals surface area contributed by atoms with Crippen molar-refractivity contribution in [2.45, 2.75) is 33.0 Å². The predicted molar refractivity (Wildman–Crippen MR) is 61.9 cm³/mol. The molecule has 1 unspecified atom stereocenters. The maximum absolute atomic E-state index is 5.27. The first kappa shape index (κ1) is 11.0. The highest BCUT2D eigenvalue weighted by molar-refractivity contribution is 5.06. The van der Waals surface area contributed by atoms with Gasteiger partial charge in [0.25, 0.3) is 0 Å². The Labute approximate surface area is 95.3 Å². The van der Waals surface area contributed by atoms with Crippen LogP contribution in [0.15, 0.2) is 35.1 Å². The second-order valence-electron chi connectivity index (χ2n) is 3.75. The highest BCUT2D eigenvalue weighted by Gasteiger charge is 2.10. The minimum atomic E-state index is 0.271. The van der Waals surface area contributed by atoms with Crippen LogP contribution in [0, 0.1) is 0 Å². The van der Waals surface area contributed by atoms with Crippen LogP contribution in [0.2, 0.25) is 0 Å². The Morgan fingerprint density at radius 2 is 2.38 bits per heavy atom. The van der Waals surface area contributed by atoms with Crippen molar-refractivity contribution in [2.24, 2.45) is 0 Å². The third-order valence-corrected chi connectivity index (χ3v) is 2.66. The third kappa shape index (κ3) is 2.33. The molecule has 1 N–H and O–H groups in total. The zero-order valence-corrected chi connectivity index (χ0v) is 9.68. The monoisotopic (exact) mass is 219 g/mol. The zero-order chi connectivity index (χ0) is 11.4. The van der Waals surface area contributed by atoms with Crippen LogP contribution in [-0.4, -0.2) is 9.78 Å². The number of nitrogens with one attached hydrogen (secondary N) is 1. The second-order valence-corrected chi connectivity index (χ2v) is 3.75. The van der Waals surface area contributed by atoms with E-state index in [1.54, 1.807) is 6.26 Å². The molecule has 1 atom stereocenters. The van der Waals surface area contributed by atoms with Crippen LogP contribution in [0.5, 0.6) is 0 Å². The quantitative estimate of drug-likeness (QED) is 0.839. The SMILES string of the molecule is CCn1nccc1C(C)NCc1ccco1. The number of hydrogen-bond donors (Lipinski definition) is 1. The van der Waals surface area contributed by atoms with Crippen molar-refractivity contribution in [1.29, 1.82) is 0 Å². The maximum atomic E-state index is 5.27. The van der Waals surface area contributed by atoms with E-state index in [0.717, 1.165) is 18.8 Å². The third-order valence-electron chi connectivity index (χ3n) is 2.66. The van der Waals surface area contributed by atoms with Gasteiger partial charge in [-0.15, -0.1) is 0 Å². The topological polar surface area (TPSA) is 43.0 Å². The summed E-state index contributed by atoms with van der Waals surface area (Å²) in [6.07, 6.45) is 3.53. The molecule has 0 fully saturated rings. The minimum absolute atomic E-state index is 0.271. The molecule has 0 aromatic carbocycles. The molecule has 0 saturated carbocycles. The number of aryl methyl sites for hydroxylation is 1. The van der Waals surface area contributed by atoms with Gasteiger partial charge in [0.05, 0.1) is 18.5 Å². The first-order valence-electron chi connectivity index (χ1n) is 5.58. The normalized spacial score (nSPS) is 12.9. The number of aromatic nitrogens is 2. The Kier molecular flexibility index (Phi) is 3.41. The molecule has 0 amide bonds. The molecule has 2 aromatic heterocycles. The van der Waals surface area contributed by atoms with E-state index in [1.807, 2.05) is 29.1 Å². The summed E-state index contributed by atoms with van der Waals surface area (Å²) in [6, 6.07) is 6.19. The molecule has 0 bridgehead atoms. The number of hydrogen-bond acceptors (Lipinski definition) is 3. The van der Waals surface area contributed by atoms with Crippen molar-refractivity contribution in [2.75, 3.05) is 0 Å². The highest BCUT2D eigenvalue weighted by Crippen LogP contribution is 2.12. The summed E-state index contributed by atoms with van der Waals surface area (Å²) in [7, 11) is 0. The minimum Gasteiger partial charge on any atom is -0.468 e. The molecule has 4 heteroatoms. The van der Waals surface area contributed by atoms with Crippen LogP contribution in [0.25, 0.3) is 0 Å². The lowest BCUT2D eigenvalue weighted by atomic mass is 10.2. The number of nitrogens with zero attached hydrogens (tertiary/aromatic N) is 2. The Hall–Kier alpha value is -1.55. The fourth-order valence-electron chi connectivity index (χ4n) is 1.75. The second kappa shape index (κ2) is 4.99. The molecule has 16 heavy (non-hydrogen) atoms. The van der Waals surface area contributed by atoms with Gasteiger partial charge in [0.1, 0.15) is 5.76 Å². The van der Waals surface area contributed by atoms with Gasteiger partial charge < -0.3 is 9.73 Å². The summed E-state index contributed by atoms with van der Waals surface area (Å²) < 4.78 is 7.27. The fraction of sp³-hybridized carbons (Fsp3) is 0.417. The molecule has 86 valence electrons. The summed E-state index contributed by atoms with van der Waals surface area (Å²) in [5, 5.41) is 7.66. The van der Waals surface area contributed by atoms with Gasteiger partial charge >= 0.3 is 0 Å². The van der Waals surface area contributed by atoms with Crippen LogP contribution < -0.4 is 5.32 Å². The summed E-state index contributed by atoms with van der Waals surface area (Å²) in [4.78, 5) is 0. The first-order valence-corrected chi connectivity index (χ1v) is 5.58. The Morgan fingerprint density at radius 3 is 3.06 bits per heavy atom. The van der Waals surface area contributed by atoms with Gasteiger partial charge in [-0.1, -0.05) is 0 Å². The van der Waals surface area contributed by atoms with Gasteiger partial charge in [-0.05, 0) is 32.0 Å². The molecule has 0 aliphatic heterocycles. The maximum Gasteiger partial charge on any atom is 0.117 e. The standard InChI is InChI=1S/C12H17N3O/c1-3-15-12(6-7-14-15)10(2)13-9-11-5-4-8-16-11/h4-8,10,13H,3,9H2,1-2H3. The van der Waals surface area contributed by atoms with E-state index in [9.17, 15) is 0 Å². The summed E-state index contributed by atoms with van der Waals surface area (Å²) in [6.45, 7) is 5.86. The van der Waals surface area contributed by atoms with Gasteiger partial charge in [0.15, 0.2) is 0 Å². The average Bonchev–Trinajstić information content (AvgIpc) is 2.96. The van der Waals surface area contributed by atoms with Crippen LogP contribution in [0.1, 0.15) is 31.3 Å². The number of rotatable bonds is 5. The fourth-order valence-corrected chi connectivity index (χ4v) is 1.75. The average molecular weight is 219 g/mol. The van der Waals surface area contributed by atoms with Crippen LogP contribution in [0.3, 0.4) is 0 Å². The summed E-state index contributed by atoms with van der Waals surface area (Å²) >= 11 is 0. The molecule has 0 aliphatic rings. The van der Waals surface area contributed by atoms with Crippen molar-refractivity contribution in [3.05, 3.63) is 42.1 Å². The van der Waals surface area contributed by atoms with Gasteiger partial charge in [-0.25, -0.2) is 0 Å². The lowest BCUT2D eigenvalue weighted by Crippen LogP contribution is -2.20. The summed E-state index contributed by atoms with van der Waals surface area (Å²) in [5.74, 6) is 0.953. The lowest BCUT2D eigenvalue weighted by Gasteiger charge is -2.14. The Balaban J connectivity index is 1.95. The first-order chi connectivity index (χ1) is 7.81. The lowest BCUT2D eigenvalue weighted by molar-refractivity contribution is 0.446. The van der Waals surface area contributed by atoms with Gasteiger partial charge in [0, 0.05) is 18.8 Å². The van der Waals surface area contributed by atoms with E-state index in [1.165, 1.54) is 5.69 Å². The van der Waals surface area contributed by atoms with E-state index in [-0.39, 0.29) is 6.04 Å². The van der Waals surface area contributed by atoms with E-state index in [0.29, 0.717) is 0 Å². The van der Waals surface area contributed by atoms with Gasteiger partial charge in [0.2, 0.25) is 0 Å². The predicted octanol–water partition coefficient (Wildman–Crippen LogP) is 2.35. The van der Waals surface area contributed by atoms with E-state index >= 15 is 0 Å². The van der Waals surface area contributed by atoms with Crippen LogP contribution >= 0.6 is 0 Å². The van der Waals surface area contributed by atoms with Gasteiger partial charge in [-0.2, -0.15) is 5.10 Å². The molecular weight excluding hydrogens is 202 g/mol. The molecule has 0 saturated heterocycles. The van der Waals surface area contributed by atoms with Crippen molar-refractivity contribution in [3.63, 3.8) is 0 Å². The van der Waals surface area contributed by atoms with Crippen molar-refractivity contribution >= 4 is 0 Å². The van der Waals surface area contributed by atoms with E-state index < -0.39 is 0 Å². The molecule has 0 spiro atoms. The molecule has 0 aliphatic carbocycles. The van der Waals surface area contributed by atoms with Crippen LogP contribution in [0.4, 0.5) is 0 Å². The summed E-state index contributed by atoms with van der Waals surface area (Å²) in [5.41, 5.74) is 1.20. The van der Waals surface area contributed by atoms with Crippen LogP contribution in [-0.2, 0) is 13.1 Å². The Morgan fingerprint density at radius 1 is 1.50 bits per heavy atom. The molecule has 2 heterocycles.